The molecule has 1 saturated heterocycles. The first-order valence-electron chi connectivity index (χ1n) is 6.11. The summed E-state index contributed by atoms with van der Waals surface area (Å²) in [5.41, 5.74) is 7.54. The van der Waals surface area contributed by atoms with E-state index in [1.165, 1.54) is 24.4 Å². The van der Waals surface area contributed by atoms with Crippen molar-refractivity contribution in [3.8, 4) is 0 Å². The molecule has 0 radical (unpaired) electrons. The van der Waals surface area contributed by atoms with Crippen molar-refractivity contribution in [1.29, 1.82) is 0 Å². The number of rotatable bonds is 4. The number of hydrogen-bond acceptors (Lipinski definition) is 6. The Kier molecular flexibility index (Phi) is 5.27. The Balaban J connectivity index is 1.98. The average Bonchev–Trinajstić information content (AvgIpc) is 2.46. The molecule has 0 saturated carbocycles. The van der Waals surface area contributed by atoms with E-state index in [-0.39, 0.29) is 0 Å². The van der Waals surface area contributed by atoms with Crippen molar-refractivity contribution in [2.75, 3.05) is 42.0 Å². The third-order valence-electron chi connectivity index (χ3n) is 2.88. The van der Waals surface area contributed by atoms with Gasteiger partial charge in [-0.15, -0.1) is 0 Å². The number of benzene rings is 1. The third-order valence-corrected chi connectivity index (χ3v) is 5.72. The molecule has 0 aliphatic carbocycles. The van der Waals surface area contributed by atoms with Gasteiger partial charge in [0, 0.05) is 40.4 Å². The zero-order valence-corrected chi connectivity index (χ0v) is 12.5. The lowest BCUT2D eigenvalue weighted by Gasteiger charge is -2.21. The Morgan fingerprint density at radius 2 is 2.37 bits per heavy atom. The summed E-state index contributed by atoms with van der Waals surface area (Å²) < 4.78 is 4.71. The molecule has 0 spiro atoms. The largest absolute Gasteiger partial charge is 0.465 e. The molecule has 1 atom stereocenters. The molecule has 1 fully saturated rings. The highest BCUT2D eigenvalue weighted by Gasteiger charge is 2.15. The topological polar surface area (TPSA) is 64.3 Å². The molecule has 4 nitrogen and oxygen atoms in total. The number of nitrogen functional groups attached to an aromatic ring is 1. The van der Waals surface area contributed by atoms with Crippen molar-refractivity contribution >= 4 is 40.9 Å². The van der Waals surface area contributed by atoms with Crippen LogP contribution in [0.4, 0.5) is 11.4 Å². The van der Waals surface area contributed by atoms with Crippen LogP contribution in [0, 0.1) is 0 Å². The van der Waals surface area contributed by atoms with E-state index in [2.05, 4.69) is 5.32 Å². The number of thioether (sulfide) groups is 2. The SMILES string of the molecule is COC(=O)c1cc(NCC2CSCCS2)ccc1N. The lowest BCUT2D eigenvalue weighted by molar-refractivity contribution is 0.0602. The van der Waals surface area contributed by atoms with Gasteiger partial charge in [-0.25, -0.2) is 4.79 Å². The van der Waals surface area contributed by atoms with Crippen LogP contribution < -0.4 is 11.1 Å². The second kappa shape index (κ2) is 6.96. The van der Waals surface area contributed by atoms with E-state index < -0.39 is 5.97 Å². The van der Waals surface area contributed by atoms with Crippen molar-refractivity contribution in [2.45, 2.75) is 5.25 Å². The van der Waals surface area contributed by atoms with Crippen molar-refractivity contribution in [2.24, 2.45) is 0 Å². The van der Waals surface area contributed by atoms with E-state index in [1.54, 1.807) is 12.1 Å². The maximum atomic E-state index is 11.6. The molecule has 19 heavy (non-hydrogen) atoms. The first-order valence-corrected chi connectivity index (χ1v) is 8.32. The quantitative estimate of drug-likeness (QED) is 0.657. The van der Waals surface area contributed by atoms with Crippen LogP contribution in [-0.4, -0.2) is 42.1 Å². The zero-order chi connectivity index (χ0) is 13.7. The molecule has 1 heterocycles. The average molecular weight is 298 g/mol. The number of methoxy groups -OCH3 is 1. The highest BCUT2D eigenvalue weighted by Crippen LogP contribution is 2.25. The van der Waals surface area contributed by atoms with Crippen LogP contribution in [0.5, 0.6) is 0 Å². The van der Waals surface area contributed by atoms with Gasteiger partial charge in [-0.05, 0) is 18.2 Å². The molecule has 2 rings (SSSR count). The summed E-state index contributed by atoms with van der Waals surface area (Å²) in [5.74, 6) is 3.24. The standard InChI is InChI=1S/C13H18N2O2S2/c1-17-13(16)11-6-9(2-3-12(11)14)15-7-10-8-18-4-5-19-10/h2-3,6,10,15H,4-5,7-8,14H2,1H3. The normalized spacial score (nSPS) is 18.9. The van der Waals surface area contributed by atoms with Gasteiger partial charge in [0.25, 0.3) is 0 Å². The second-order valence-corrected chi connectivity index (χ2v) is 6.80. The molecule has 1 aromatic rings. The van der Waals surface area contributed by atoms with Gasteiger partial charge in [0.1, 0.15) is 0 Å². The van der Waals surface area contributed by atoms with E-state index in [0.29, 0.717) is 16.5 Å². The molecule has 6 heteroatoms. The number of carbonyl (C=O) groups excluding carboxylic acids is 1. The summed E-state index contributed by atoms with van der Waals surface area (Å²) in [6.45, 7) is 0.905. The number of ether oxygens (including phenoxy) is 1. The van der Waals surface area contributed by atoms with E-state index in [9.17, 15) is 4.79 Å². The second-order valence-electron chi connectivity index (χ2n) is 4.24. The highest BCUT2D eigenvalue weighted by molar-refractivity contribution is 8.06. The van der Waals surface area contributed by atoms with Crippen LogP contribution in [0.25, 0.3) is 0 Å². The summed E-state index contributed by atoms with van der Waals surface area (Å²) in [6, 6.07) is 5.38. The Hall–Kier alpha value is -1.01. The van der Waals surface area contributed by atoms with E-state index >= 15 is 0 Å². The minimum absolute atomic E-state index is 0.399. The van der Waals surface area contributed by atoms with E-state index in [4.69, 9.17) is 10.5 Å². The van der Waals surface area contributed by atoms with Gasteiger partial charge in [0.05, 0.1) is 12.7 Å². The fraction of sp³-hybridized carbons (Fsp3) is 0.462. The van der Waals surface area contributed by atoms with Gasteiger partial charge in [0.15, 0.2) is 0 Å². The molecule has 0 aromatic heterocycles. The predicted octanol–water partition coefficient (Wildman–Crippen LogP) is 2.32. The molecule has 0 amide bonds. The summed E-state index contributed by atoms with van der Waals surface area (Å²) >= 11 is 4.00. The van der Waals surface area contributed by atoms with Crippen molar-refractivity contribution in [1.82, 2.24) is 0 Å². The van der Waals surface area contributed by atoms with Crippen molar-refractivity contribution < 1.29 is 9.53 Å². The number of anilines is 2. The molecule has 1 unspecified atom stereocenters. The van der Waals surface area contributed by atoms with Crippen LogP contribution in [-0.2, 0) is 4.74 Å². The number of nitrogens with two attached hydrogens (primary N) is 1. The smallest absolute Gasteiger partial charge is 0.340 e. The monoisotopic (exact) mass is 298 g/mol. The van der Waals surface area contributed by atoms with Gasteiger partial charge in [-0.3, -0.25) is 0 Å². The summed E-state index contributed by atoms with van der Waals surface area (Å²) in [5, 5.41) is 3.99. The molecule has 3 N–H and O–H groups in total. The third kappa shape index (κ3) is 3.98. The fourth-order valence-electron chi connectivity index (χ4n) is 1.84. The Labute approximate surface area is 121 Å². The zero-order valence-electron chi connectivity index (χ0n) is 10.8. The molecular weight excluding hydrogens is 280 g/mol. The van der Waals surface area contributed by atoms with Crippen molar-refractivity contribution in [3.05, 3.63) is 23.8 Å². The van der Waals surface area contributed by atoms with Crippen LogP contribution in [0.2, 0.25) is 0 Å². The number of esters is 1. The van der Waals surface area contributed by atoms with Crippen molar-refractivity contribution in [3.63, 3.8) is 0 Å². The van der Waals surface area contributed by atoms with Gasteiger partial charge in [0.2, 0.25) is 0 Å². The summed E-state index contributed by atoms with van der Waals surface area (Å²) in [4.78, 5) is 11.6. The number of nitrogens with one attached hydrogen (secondary N) is 1. The van der Waals surface area contributed by atoms with Gasteiger partial charge >= 0.3 is 5.97 Å². The highest BCUT2D eigenvalue weighted by atomic mass is 32.2. The van der Waals surface area contributed by atoms with Gasteiger partial charge < -0.3 is 15.8 Å². The fourth-order valence-corrected chi connectivity index (χ4v) is 4.45. The molecular formula is C13H18N2O2S2. The summed E-state index contributed by atoms with van der Waals surface area (Å²) in [7, 11) is 1.36. The Morgan fingerprint density at radius 1 is 1.53 bits per heavy atom. The first-order chi connectivity index (χ1) is 9.20. The van der Waals surface area contributed by atoms with Gasteiger partial charge in [-0.1, -0.05) is 0 Å². The number of hydrogen-bond donors (Lipinski definition) is 2. The Morgan fingerprint density at radius 3 is 3.05 bits per heavy atom. The first kappa shape index (κ1) is 14.4. The lowest BCUT2D eigenvalue weighted by atomic mass is 10.1. The van der Waals surface area contributed by atoms with Crippen LogP contribution >= 0.6 is 23.5 Å². The Bertz CT molecular complexity index is 448. The van der Waals surface area contributed by atoms with Gasteiger partial charge in [-0.2, -0.15) is 23.5 Å². The molecule has 104 valence electrons. The minimum atomic E-state index is -0.399. The molecule has 1 aromatic carbocycles. The molecule has 0 bridgehead atoms. The van der Waals surface area contributed by atoms with Crippen LogP contribution in [0.15, 0.2) is 18.2 Å². The maximum Gasteiger partial charge on any atom is 0.340 e. The minimum Gasteiger partial charge on any atom is -0.465 e. The van der Waals surface area contributed by atoms with Crippen LogP contribution in [0.3, 0.4) is 0 Å². The molecule has 1 aliphatic heterocycles. The van der Waals surface area contributed by atoms with Crippen LogP contribution in [0.1, 0.15) is 10.4 Å². The summed E-state index contributed by atoms with van der Waals surface area (Å²) in [6.07, 6.45) is 0. The molecule has 1 aliphatic rings. The lowest BCUT2D eigenvalue weighted by Crippen LogP contribution is -2.23. The maximum absolute atomic E-state index is 11.6. The predicted molar refractivity (Wildman–Crippen MR) is 84.3 cm³/mol. The van der Waals surface area contributed by atoms with E-state index in [1.807, 2.05) is 29.6 Å². The number of carbonyl (C=O) groups is 1. The van der Waals surface area contributed by atoms with E-state index in [0.717, 1.165) is 12.2 Å².